The van der Waals surface area contributed by atoms with Crippen molar-refractivity contribution < 1.29 is 13.5 Å². The second-order valence-electron chi connectivity index (χ2n) is 2.74. The Labute approximate surface area is 118 Å². The molecule has 20 heavy (non-hydrogen) atoms. The molecular formula is C12H12N4O3S. The molecule has 0 aromatic carbocycles. The first-order chi connectivity index (χ1) is 10.0. The molecule has 4 aromatic heterocycles. The van der Waals surface area contributed by atoms with Gasteiger partial charge in [0.1, 0.15) is 18.8 Å². The van der Waals surface area contributed by atoms with Crippen LogP contribution in [0.3, 0.4) is 0 Å². The molecule has 4 heterocycles. The first kappa shape index (κ1) is 15.3. The Hall–Kier alpha value is -2.74. The van der Waals surface area contributed by atoms with Crippen LogP contribution in [0.25, 0.3) is 0 Å². The van der Waals surface area contributed by atoms with Crippen molar-refractivity contribution >= 4 is 11.3 Å². The zero-order chi connectivity index (χ0) is 14.1. The average molecular weight is 292 g/mol. The van der Waals surface area contributed by atoms with Crippen LogP contribution in [0.4, 0.5) is 0 Å². The molecule has 4 aromatic rings. The molecule has 0 aliphatic carbocycles. The molecule has 104 valence electrons. The highest BCUT2D eigenvalue weighted by atomic mass is 32.1. The Morgan fingerprint density at radius 1 is 0.800 bits per heavy atom. The predicted molar refractivity (Wildman–Crippen MR) is 71.6 cm³/mol. The quantitative estimate of drug-likeness (QED) is 0.491. The lowest BCUT2D eigenvalue weighted by Crippen LogP contribution is -1.53. The van der Waals surface area contributed by atoms with Crippen LogP contribution in [0.2, 0.25) is 0 Å². The molecule has 0 amide bonds. The van der Waals surface area contributed by atoms with Crippen molar-refractivity contribution in [1.29, 1.82) is 0 Å². The van der Waals surface area contributed by atoms with E-state index < -0.39 is 0 Å². The van der Waals surface area contributed by atoms with E-state index in [0.717, 1.165) is 0 Å². The fourth-order valence-electron chi connectivity index (χ4n) is 0.714. The van der Waals surface area contributed by atoms with Gasteiger partial charge in [0, 0.05) is 5.27 Å². The van der Waals surface area contributed by atoms with Gasteiger partial charge < -0.3 is 13.5 Å². The lowest BCUT2D eigenvalue weighted by molar-refractivity contribution is 0.393. The number of hydrogen-bond donors (Lipinski definition) is 0. The van der Waals surface area contributed by atoms with Crippen LogP contribution in [0.1, 0.15) is 0 Å². The highest BCUT2D eigenvalue weighted by Crippen LogP contribution is 1.91. The lowest BCUT2D eigenvalue weighted by atomic mass is 10.7. The standard InChI is InChI=1S/C4H4S.2C3H3NO.C2H2N2O/c1-2-4-5-3-1;1-2-5-3-4-1;1-2-4-5-3-1;1-2-5-4-3-1/h1-4H;2*1-3H;1-2H. The summed E-state index contributed by atoms with van der Waals surface area (Å²) in [5.74, 6) is 0. The summed E-state index contributed by atoms with van der Waals surface area (Å²) in [5, 5.41) is 13.8. The van der Waals surface area contributed by atoms with Gasteiger partial charge >= 0.3 is 0 Å². The van der Waals surface area contributed by atoms with Gasteiger partial charge in [-0.1, -0.05) is 17.3 Å². The van der Waals surface area contributed by atoms with Gasteiger partial charge in [0.2, 0.25) is 0 Å². The van der Waals surface area contributed by atoms with Crippen molar-refractivity contribution in [3.05, 3.63) is 72.7 Å². The Morgan fingerprint density at radius 2 is 1.70 bits per heavy atom. The van der Waals surface area contributed by atoms with Gasteiger partial charge in [0.05, 0.1) is 18.6 Å². The van der Waals surface area contributed by atoms with Crippen LogP contribution in [0, 0.1) is 0 Å². The third-order valence-electron chi connectivity index (χ3n) is 1.40. The van der Waals surface area contributed by atoms with E-state index in [2.05, 4.69) is 34.0 Å². The Morgan fingerprint density at radius 3 is 1.90 bits per heavy atom. The second kappa shape index (κ2) is 12.7. The van der Waals surface area contributed by atoms with Crippen molar-refractivity contribution in [2.24, 2.45) is 0 Å². The van der Waals surface area contributed by atoms with Crippen molar-refractivity contribution in [1.82, 2.24) is 20.5 Å². The van der Waals surface area contributed by atoms with Crippen molar-refractivity contribution in [2.75, 3.05) is 0 Å². The highest BCUT2D eigenvalue weighted by molar-refractivity contribution is 7.07. The maximum Gasteiger partial charge on any atom is 0.180 e. The number of oxazole rings is 1. The van der Waals surface area contributed by atoms with Crippen LogP contribution in [-0.4, -0.2) is 20.5 Å². The molecule has 4 rings (SSSR count). The van der Waals surface area contributed by atoms with Crippen LogP contribution in [0.5, 0.6) is 0 Å². The summed E-state index contributed by atoms with van der Waals surface area (Å²) in [6.07, 6.45) is 10.4. The monoisotopic (exact) mass is 292 g/mol. The summed E-state index contributed by atoms with van der Waals surface area (Å²) in [7, 11) is 0. The number of thiophene rings is 1. The maximum atomic E-state index is 4.47. The minimum Gasteiger partial charge on any atom is -0.452 e. The molecule has 8 heteroatoms. The largest absolute Gasteiger partial charge is 0.452 e. The van der Waals surface area contributed by atoms with Crippen LogP contribution < -0.4 is 0 Å². The van der Waals surface area contributed by atoms with Gasteiger partial charge in [0.15, 0.2) is 6.39 Å². The van der Waals surface area contributed by atoms with E-state index in [0.29, 0.717) is 0 Å². The fourth-order valence-corrected chi connectivity index (χ4v) is 1.17. The first-order valence-corrected chi connectivity index (χ1v) is 6.29. The molecule has 7 nitrogen and oxygen atoms in total. The molecule has 0 unspecified atom stereocenters. The molecule has 0 atom stereocenters. The third-order valence-corrected chi connectivity index (χ3v) is 2.03. The van der Waals surface area contributed by atoms with E-state index in [-0.39, 0.29) is 0 Å². The van der Waals surface area contributed by atoms with Gasteiger partial charge in [-0.3, -0.25) is 0 Å². The molecule has 0 aliphatic heterocycles. The smallest absolute Gasteiger partial charge is 0.180 e. The fraction of sp³-hybridized carbons (Fsp3) is 0. The zero-order valence-corrected chi connectivity index (χ0v) is 11.2. The summed E-state index contributed by atoms with van der Waals surface area (Å²) in [6, 6.07) is 5.76. The van der Waals surface area contributed by atoms with E-state index in [1.165, 1.54) is 31.4 Å². The van der Waals surface area contributed by atoms with E-state index in [9.17, 15) is 0 Å². The Kier molecular flexibility index (Phi) is 9.73. The average Bonchev–Trinajstić information content (AvgIpc) is 3.40. The van der Waals surface area contributed by atoms with Crippen molar-refractivity contribution in [3.8, 4) is 0 Å². The molecule has 0 bridgehead atoms. The van der Waals surface area contributed by atoms with Gasteiger partial charge in [0.25, 0.3) is 0 Å². The molecule has 0 aliphatic rings. The van der Waals surface area contributed by atoms with Gasteiger partial charge in [-0.05, 0) is 16.8 Å². The number of aromatic nitrogens is 4. The maximum absolute atomic E-state index is 4.47. The topological polar surface area (TPSA) is 91.0 Å². The molecule has 0 fully saturated rings. The van der Waals surface area contributed by atoms with Gasteiger partial charge in [-0.15, -0.1) is 5.10 Å². The number of rotatable bonds is 0. The summed E-state index contributed by atoms with van der Waals surface area (Å²) in [6.45, 7) is 0. The molecule has 0 N–H and O–H groups in total. The van der Waals surface area contributed by atoms with Crippen molar-refractivity contribution in [3.63, 3.8) is 0 Å². The Balaban J connectivity index is 0.000000133. The summed E-state index contributed by atoms with van der Waals surface area (Å²) in [5.41, 5.74) is 0. The molecule has 0 radical (unpaired) electrons. The van der Waals surface area contributed by atoms with E-state index in [1.807, 2.05) is 22.9 Å². The van der Waals surface area contributed by atoms with Crippen LogP contribution in [-0.2, 0) is 0 Å². The summed E-state index contributed by atoms with van der Waals surface area (Å²) in [4.78, 5) is 3.56. The SMILES string of the molecule is c1ccsc1.c1cnoc1.c1cocn1.c1conn1. The van der Waals surface area contributed by atoms with Crippen LogP contribution >= 0.6 is 11.3 Å². The minimum atomic E-state index is 1.38. The lowest BCUT2D eigenvalue weighted by Gasteiger charge is -1.48. The minimum absolute atomic E-state index is 1.38. The normalized spacial score (nSPS) is 8.00. The van der Waals surface area contributed by atoms with Gasteiger partial charge in [-0.25, -0.2) is 4.98 Å². The summed E-state index contributed by atoms with van der Waals surface area (Å²) < 4.78 is 13.0. The number of nitrogens with zero attached hydrogens (tertiary/aromatic N) is 4. The molecule has 0 spiro atoms. The number of hydrogen-bond acceptors (Lipinski definition) is 8. The molecular weight excluding hydrogens is 280 g/mol. The zero-order valence-electron chi connectivity index (χ0n) is 10.4. The van der Waals surface area contributed by atoms with Gasteiger partial charge in [-0.2, -0.15) is 11.3 Å². The third kappa shape index (κ3) is 10.4. The molecule has 0 saturated carbocycles. The van der Waals surface area contributed by atoms with Crippen LogP contribution in [0.15, 0.2) is 86.2 Å². The van der Waals surface area contributed by atoms with E-state index >= 15 is 0 Å². The van der Waals surface area contributed by atoms with E-state index in [4.69, 9.17) is 0 Å². The molecule has 0 saturated heterocycles. The van der Waals surface area contributed by atoms with Crippen molar-refractivity contribution in [2.45, 2.75) is 0 Å². The second-order valence-corrected chi connectivity index (χ2v) is 3.56. The Bertz CT molecular complexity index is 362. The van der Waals surface area contributed by atoms with E-state index in [1.54, 1.807) is 29.8 Å². The summed E-state index contributed by atoms with van der Waals surface area (Å²) >= 11 is 1.71. The predicted octanol–water partition coefficient (Wildman–Crippen LogP) is 3.17. The highest BCUT2D eigenvalue weighted by Gasteiger charge is 1.62. The first-order valence-electron chi connectivity index (χ1n) is 5.35.